The Labute approximate surface area is 206 Å². The number of rotatable bonds is 8. The Morgan fingerprint density at radius 2 is 0.700 bits per heavy atom. The van der Waals surface area contributed by atoms with E-state index in [1.165, 1.54) is 0 Å². The van der Waals surface area contributed by atoms with Crippen molar-refractivity contribution in [3.63, 3.8) is 0 Å². The highest BCUT2D eigenvalue weighted by molar-refractivity contribution is 9.11. The maximum absolute atomic E-state index is 11.5. The number of hydrogen-bond donors (Lipinski definition) is 2. The van der Waals surface area contributed by atoms with E-state index in [2.05, 4.69) is 110 Å². The van der Waals surface area contributed by atoms with Gasteiger partial charge < -0.3 is 10.2 Å². The van der Waals surface area contributed by atoms with Crippen molar-refractivity contribution in [1.29, 1.82) is 0 Å². The summed E-state index contributed by atoms with van der Waals surface area (Å²) in [5, 5.41) is 23.0. The summed E-state index contributed by atoms with van der Waals surface area (Å²) in [6.07, 6.45) is -1.10. The molecule has 0 aliphatic rings. The van der Waals surface area contributed by atoms with Crippen LogP contribution >= 0.6 is 31.9 Å². The van der Waals surface area contributed by atoms with E-state index >= 15 is 0 Å². The smallest absolute Gasteiger partial charge is 0.0892 e. The van der Waals surface area contributed by atoms with Gasteiger partial charge in [-0.3, -0.25) is 0 Å². The van der Waals surface area contributed by atoms with Gasteiger partial charge in [0.2, 0.25) is 0 Å². The molecule has 0 saturated carbocycles. The summed E-state index contributed by atoms with van der Waals surface area (Å²) in [5.74, 6) is 0. The molecule has 2 atom stereocenters. The second-order valence-corrected chi connectivity index (χ2v) is 40.5. The molecule has 1 aromatic rings. The molecule has 0 aliphatic carbocycles. The van der Waals surface area contributed by atoms with E-state index in [9.17, 15) is 10.2 Å². The standard InChI is InChI=1S/C22H44Br2O2Si4/c1-27(2,3)21(23,28(4,5)6)19(25)17-13-15-18(16-14-17)20(26)22(24,29(7,8)9)30(10,11)12/h13-16,19-20,25-26H,1-12H3. The molecule has 0 aliphatic heterocycles. The van der Waals surface area contributed by atoms with Crippen LogP contribution in [-0.2, 0) is 0 Å². The fourth-order valence-corrected chi connectivity index (χ4v) is 27.7. The van der Waals surface area contributed by atoms with Gasteiger partial charge in [0.1, 0.15) is 0 Å². The van der Waals surface area contributed by atoms with Crippen LogP contribution in [0.3, 0.4) is 0 Å². The lowest BCUT2D eigenvalue weighted by Gasteiger charge is -2.51. The van der Waals surface area contributed by atoms with Crippen LogP contribution in [0.4, 0.5) is 0 Å². The third kappa shape index (κ3) is 5.05. The first-order valence-corrected chi connectivity index (χ1v) is 26.5. The quantitative estimate of drug-likeness (QED) is 0.235. The van der Waals surface area contributed by atoms with Crippen LogP contribution in [0.1, 0.15) is 23.3 Å². The molecule has 0 heterocycles. The summed E-state index contributed by atoms with van der Waals surface area (Å²) in [6.45, 7) is 28.0. The van der Waals surface area contributed by atoms with Crippen molar-refractivity contribution in [2.24, 2.45) is 0 Å². The van der Waals surface area contributed by atoms with Gasteiger partial charge in [-0.2, -0.15) is 0 Å². The fraction of sp³-hybridized carbons (Fsp3) is 0.727. The van der Waals surface area contributed by atoms with Gasteiger partial charge in [0.05, 0.1) is 44.5 Å². The van der Waals surface area contributed by atoms with Crippen molar-refractivity contribution < 1.29 is 10.2 Å². The second-order valence-electron chi connectivity index (χ2n) is 12.9. The van der Waals surface area contributed by atoms with Crippen LogP contribution in [0.2, 0.25) is 78.6 Å². The minimum Gasteiger partial charge on any atom is -0.388 e. The summed E-state index contributed by atoms with van der Waals surface area (Å²) in [5.41, 5.74) is 1.88. The van der Waals surface area contributed by atoms with Crippen LogP contribution in [0.25, 0.3) is 0 Å². The van der Waals surface area contributed by atoms with Gasteiger partial charge in [0.25, 0.3) is 0 Å². The Bertz CT molecular complexity index is 635. The molecule has 30 heavy (non-hydrogen) atoms. The molecule has 0 radical (unpaired) electrons. The van der Waals surface area contributed by atoms with Crippen LogP contribution < -0.4 is 0 Å². The minimum atomic E-state index is -1.72. The fourth-order valence-electron chi connectivity index (χ4n) is 5.21. The second kappa shape index (κ2) is 8.96. The number of aliphatic hydroxyl groups is 2. The first-order chi connectivity index (χ1) is 13.0. The highest BCUT2D eigenvalue weighted by atomic mass is 79.9. The molecular formula is C22H44Br2O2Si4. The Kier molecular flexibility index (Phi) is 8.66. The largest absolute Gasteiger partial charge is 0.388 e. The molecule has 2 unspecified atom stereocenters. The van der Waals surface area contributed by atoms with Crippen LogP contribution in [-0.4, -0.2) is 49.7 Å². The lowest BCUT2D eigenvalue weighted by atomic mass is 10.0. The molecule has 0 fully saturated rings. The molecule has 0 saturated heterocycles. The molecule has 0 spiro atoms. The van der Waals surface area contributed by atoms with Crippen LogP contribution in [0.5, 0.6) is 0 Å². The molecular weight excluding hydrogens is 568 g/mol. The van der Waals surface area contributed by atoms with E-state index in [-0.39, 0.29) is 7.14 Å². The molecule has 0 aromatic heterocycles. The topological polar surface area (TPSA) is 40.5 Å². The number of aliphatic hydroxyl groups excluding tert-OH is 2. The van der Waals surface area contributed by atoms with Crippen molar-refractivity contribution in [3.8, 4) is 0 Å². The molecule has 1 aromatic carbocycles. The predicted molar refractivity (Wildman–Crippen MR) is 153 cm³/mol. The highest BCUT2D eigenvalue weighted by Gasteiger charge is 2.57. The van der Waals surface area contributed by atoms with Gasteiger partial charge in [-0.1, -0.05) is 135 Å². The van der Waals surface area contributed by atoms with Gasteiger partial charge >= 0.3 is 0 Å². The minimum absolute atomic E-state index is 0.233. The summed E-state index contributed by atoms with van der Waals surface area (Å²) >= 11 is 8.18. The van der Waals surface area contributed by atoms with E-state index in [1.807, 2.05) is 24.3 Å². The number of hydrogen-bond acceptors (Lipinski definition) is 2. The summed E-state index contributed by atoms with van der Waals surface area (Å²) in [4.78, 5) is 0. The van der Waals surface area contributed by atoms with Crippen molar-refractivity contribution in [2.45, 2.75) is 97.9 Å². The van der Waals surface area contributed by atoms with Gasteiger partial charge in [-0.15, -0.1) is 0 Å². The third-order valence-corrected chi connectivity index (χ3v) is 40.7. The van der Waals surface area contributed by atoms with Crippen molar-refractivity contribution in [2.75, 3.05) is 0 Å². The Morgan fingerprint density at radius 3 is 0.833 bits per heavy atom. The van der Waals surface area contributed by atoms with Gasteiger partial charge in [0, 0.05) is 7.14 Å². The molecule has 8 heteroatoms. The van der Waals surface area contributed by atoms with E-state index in [0.29, 0.717) is 0 Å². The van der Waals surface area contributed by atoms with Gasteiger partial charge in [-0.25, -0.2) is 0 Å². The number of halogens is 2. The first kappa shape index (κ1) is 29.0. The van der Waals surface area contributed by atoms with Crippen molar-refractivity contribution in [1.82, 2.24) is 0 Å². The van der Waals surface area contributed by atoms with E-state index in [4.69, 9.17) is 0 Å². The molecule has 0 bridgehead atoms. The lowest BCUT2D eigenvalue weighted by Crippen LogP contribution is -2.65. The predicted octanol–water partition coefficient (Wildman–Crippen LogP) is 7.53. The van der Waals surface area contributed by atoms with E-state index in [1.54, 1.807) is 0 Å². The van der Waals surface area contributed by atoms with Crippen molar-refractivity contribution in [3.05, 3.63) is 35.4 Å². The zero-order chi connectivity index (χ0) is 24.1. The lowest BCUT2D eigenvalue weighted by molar-refractivity contribution is 0.176. The van der Waals surface area contributed by atoms with Crippen LogP contribution in [0.15, 0.2) is 24.3 Å². The molecule has 174 valence electrons. The van der Waals surface area contributed by atoms with Crippen LogP contribution in [0, 0.1) is 0 Å². The number of benzene rings is 1. The maximum Gasteiger partial charge on any atom is 0.0892 e. The van der Waals surface area contributed by atoms with Gasteiger partial charge in [0.15, 0.2) is 0 Å². The van der Waals surface area contributed by atoms with Crippen molar-refractivity contribution >= 4 is 64.2 Å². The molecule has 1 rings (SSSR count). The Balaban J connectivity index is 3.44. The summed E-state index contributed by atoms with van der Waals surface area (Å²) in [7, 11) is -6.90. The Hall–Kier alpha value is 0.968. The summed E-state index contributed by atoms with van der Waals surface area (Å²) in [6, 6.07) is 8.12. The zero-order valence-electron chi connectivity index (χ0n) is 21.1. The average molecular weight is 613 g/mol. The Morgan fingerprint density at radius 1 is 0.533 bits per heavy atom. The average Bonchev–Trinajstić information content (AvgIpc) is 2.55. The monoisotopic (exact) mass is 610 g/mol. The third-order valence-electron chi connectivity index (χ3n) is 6.69. The first-order valence-electron chi connectivity index (χ1n) is 10.9. The molecule has 2 nitrogen and oxygen atoms in total. The molecule has 0 amide bonds. The normalized spacial score (nSPS) is 17.1. The van der Waals surface area contributed by atoms with Gasteiger partial charge in [-0.05, 0) is 11.1 Å². The maximum atomic E-state index is 11.5. The number of alkyl halides is 2. The highest BCUT2D eigenvalue weighted by Crippen LogP contribution is 2.50. The van der Waals surface area contributed by atoms with E-state index in [0.717, 1.165) is 11.1 Å². The van der Waals surface area contributed by atoms with E-state index < -0.39 is 44.5 Å². The SMILES string of the molecule is C[Si](C)(C)C(Br)(C(O)c1ccc(C(O)C(Br)([Si](C)(C)C)[Si](C)(C)C)cc1)[Si](C)(C)C. The zero-order valence-corrected chi connectivity index (χ0v) is 28.3. The molecule has 2 N–H and O–H groups in total. The summed E-state index contributed by atoms with van der Waals surface area (Å²) < 4.78 is -0.466.